The molecule has 1 aromatic heterocycles. The lowest BCUT2D eigenvalue weighted by Crippen LogP contribution is -2.36. The molecule has 0 aliphatic carbocycles. The molecule has 1 atom stereocenters. The van der Waals surface area contributed by atoms with Gasteiger partial charge in [0.1, 0.15) is 0 Å². The summed E-state index contributed by atoms with van der Waals surface area (Å²) in [5, 5.41) is 1.20. The summed E-state index contributed by atoms with van der Waals surface area (Å²) in [5.74, 6) is 0.392. The molecule has 2 aliphatic heterocycles. The van der Waals surface area contributed by atoms with Crippen LogP contribution in [0.3, 0.4) is 0 Å². The lowest BCUT2D eigenvalue weighted by Gasteiger charge is -2.35. The molecule has 0 bridgehead atoms. The Morgan fingerprint density at radius 3 is 2.81 bits per heavy atom. The summed E-state index contributed by atoms with van der Waals surface area (Å²) in [6.07, 6.45) is 1.88. The van der Waals surface area contributed by atoms with E-state index in [1.807, 2.05) is 12.3 Å². The Balaban J connectivity index is 1.53. The van der Waals surface area contributed by atoms with Crippen LogP contribution in [0.25, 0.3) is 10.9 Å². The minimum absolute atomic E-state index is 0.392. The van der Waals surface area contributed by atoms with Crippen molar-refractivity contribution < 1.29 is 4.74 Å². The van der Waals surface area contributed by atoms with Crippen LogP contribution < -0.4 is 4.90 Å². The van der Waals surface area contributed by atoms with E-state index in [4.69, 9.17) is 4.74 Å². The predicted molar refractivity (Wildman–Crippen MR) is 109 cm³/mol. The van der Waals surface area contributed by atoms with E-state index >= 15 is 0 Å². The van der Waals surface area contributed by atoms with Crippen LogP contribution in [-0.4, -0.2) is 49.8 Å². The molecule has 2 aliphatic rings. The molecule has 1 fully saturated rings. The predicted octanol–water partition coefficient (Wildman–Crippen LogP) is 3.65. The number of nitrogens with zero attached hydrogens (tertiary/aromatic N) is 3. The third-order valence-electron chi connectivity index (χ3n) is 5.85. The van der Waals surface area contributed by atoms with Crippen LogP contribution in [0.1, 0.15) is 22.6 Å². The number of pyridine rings is 1. The highest BCUT2D eigenvalue weighted by atomic mass is 16.5. The van der Waals surface area contributed by atoms with Gasteiger partial charge in [-0.05, 0) is 48.0 Å². The van der Waals surface area contributed by atoms with Crippen LogP contribution in [0, 0.1) is 0 Å². The zero-order chi connectivity index (χ0) is 18.2. The Bertz CT molecular complexity index is 965. The first-order valence-corrected chi connectivity index (χ1v) is 9.77. The van der Waals surface area contributed by atoms with Crippen molar-refractivity contribution in [3.63, 3.8) is 0 Å². The molecule has 3 heterocycles. The van der Waals surface area contributed by atoms with E-state index in [9.17, 15) is 0 Å². The Morgan fingerprint density at radius 1 is 1.04 bits per heavy atom. The van der Waals surface area contributed by atoms with Gasteiger partial charge in [0.25, 0.3) is 0 Å². The summed E-state index contributed by atoms with van der Waals surface area (Å²) in [7, 11) is 2.22. The molecule has 1 unspecified atom stereocenters. The Hall–Kier alpha value is -2.43. The summed E-state index contributed by atoms with van der Waals surface area (Å²) >= 11 is 0. The minimum atomic E-state index is 0.392. The van der Waals surface area contributed by atoms with Gasteiger partial charge in [0.2, 0.25) is 0 Å². The van der Waals surface area contributed by atoms with Gasteiger partial charge < -0.3 is 14.5 Å². The van der Waals surface area contributed by atoms with Gasteiger partial charge in [-0.1, -0.05) is 24.3 Å². The van der Waals surface area contributed by atoms with Gasteiger partial charge >= 0.3 is 0 Å². The molecule has 138 valence electrons. The number of ether oxygens (including phenoxy) is 1. The highest BCUT2D eigenvalue weighted by Gasteiger charge is 2.26. The molecule has 0 N–H and O–H groups in total. The van der Waals surface area contributed by atoms with E-state index in [0.29, 0.717) is 5.92 Å². The standard InChI is InChI=1S/C23H25N3O/c1-25-15-19-13-20(26-9-11-27-12-10-26)6-7-21(19)22(16-25)18-5-4-17-3-2-8-24-23(17)14-18/h2-8,13-14,22H,9-12,15-16H2,1H3. The van der Waals surface area contributed by atoms with Gasteiger partial charge in [-0.2, -0.15) is 0 Å². The molecule has 27 heavy (non-hydrogen) atoms. The van der Waals surface area contributed by atoms with Crippen molar-refractivity contribution in [1.29, 1.82) is 0 Å². The van der Waals surface area contributed by atoms with Crippen LogP contribution in [-0.2, 0) is 11.3 Å². The van der Waals surface area contributed by atoms with Crippen LogP contribution in [0.5, 0.6) is 0 Å². The average molecular weight is 359 g/mol. The zero-order valence-corrected chi connectivity index (χ0v) is 15.8. The molecular weight excluding hydrogens is 334 g/mol. The number of rotatable bonds is 2. The molecule has 4 heteroatoms. The molecule has 3 aromatic rings. The lowest BCUT2D eigenvalue weighted by atomic mass is 9.84. The Kier molecular flexibility index (Phi) is 4.30. The van der Waals surface area contributed by atoms with Crippen LogP contribution >= 0.6 is 0 Å². The number of morpholine rings is 1. The maximum atomic E-state index is 5.51. The van der Waals surface area contributed by atoms with Crippen LogP contribution in [0.4, 0.5) is 5.69 Å². The highest BCUT2D eigenvalue weighted by Crippen LogP contribution is 2.36. The third kappa shape index (κ3) is 3.20. The average Bonchev–Trinajstić information content (AvgIpc) is 2.73. The molecule has 2 aromatic carbocycles. The van der Waals surface area contributed by atoms with E-state index in [0.717, 1.165) is 44.9 Å². The van der Waals surface area contributed by atoms with Gasteiger partial charge in [-0.3, -0.25) is 4.98 Å². The van der Waals surface area contributed by atoms with E-state index in [2.05, 4.69) is 64.3 Å². The number of aromatic nitrogens is 1. The second kappa shape index (κ2) is 6.95. The quantitative estimate of drug-likeness (QED) is 0.698. The van der Waals surface area contributed by atoms with E-state index in [-0.39, 0.29) is 0 Å². The van der Waals surface area contributed by atoms with Crippen molar-refractivity contribution in [3.8, 4) is 0 Å². The monoisotopic (exact) mass is 359 g/mol. The van der Waals surface area contributed by atoms with Gasteiger partial charge in [0.05, 0.1) is 18.7 Å². The number of hydrogen-bond donors (Lipinski definition) is 0. The maximum absolute atomic E-state index is 5.51. The van der Waals surface area contributed by atoms with Crippen molar-refractivity contribution in [2.24, 2.45) is 0 Å². The fourth-order valence-corrected chi connectivity index (χ4v) is 4.44. The summed E-state index contributed by atoms with van der Waals surface area (Å²) in [6.45, 7) is 5.66. The van der Waals surface area contributed by atoms with Crippen molar-refractivity contribution in [2.75, 3.05) is 44.8 Å². The molecule has 5 rings (SSSR count). The van der Waals surface area contributed by atoms with Crippen molar-refractivity contribution in [1.82, 2.24) is 9.88 Å². The molecule has 4 nitrogen and oxygen atoms in total. The van der Waals surface area contributed by atoms with Gasteiger partial charge in [-0.15, -0.1) is 0 Å². The maximum Gasteiger partial charge on any atom is 0.0704 e. The molecule has 0 saturated carbocycles. The molecule has 0 spiro atoms. The van der Waals surface area contributed by atoms with E-state index in [1.54, 1.807) is 0 Å². The Morgan fingerprint density at radius 2 is 1.93 bits per heavy atom. The lowest BCUT2D eigenvalue weighted by molar-refractivity contribution is 0.122. The van der Waals surface area contributed by atoms with Gasteiger partial charge in [0.15, 0.2) is 0 Å². The topological polar surface area (TPSA) is 28.6 Å². The molecule has 0 amide bonds. The highest BCUT2D eigenvalue weighted by molar-refractivity contribution is 5.79. The normalized spacial score (nSPS) is 20.6. The third-order valence-corrected chi connectivity index (χ3v) is 5.85. The smallest absolute Gasteiger partial charge is 0.0704 e. The van der Waals surface area contributed by atoms with Crippen LogP contribution in [0.2, 0.25) is 0 Å². The van der Waals surface area contributed by atoms with E-state index in [1.165, 1.54) is 27.8 Å². The van der Waals surface area contributed by atoms with Gasteiger partial charge in [-0.25, -0.2) is 0 Å². The number of anilines is 1. The second-order valence-corrected chi connectivity index (χ2v) is 7.69. The number of likely N-dealkylation sites (N-methyl/N-ethyl adjacent to an activating group) is 1. The molecule has 1 saturated heterocycles. The summed E-state index contributed by atoms with van der Waals surface area (Å²) in [4.78, 5) is 9.42. The molecule has 0 radical (unpaired) electrons. The zero-order valence-electron chi connectivity index (χ0n) is 15.8. The summed E-state index contributed by atoms with van der Waals surface area (Å²) in [5.41, 5.74) is 6.66. The minimum Gasteiger partial charge on any atom is -0.378 e. The number of hydrogen-bond acceptors (Lipinski definition) is 4. The first kappa shape index (κ1) is 16.7. The van der Waals surface area contributed by atoms with Crippen LogP contribution in [0.15, 0.2) is 54.7 Å². The van der Waals surface area contributed by atoms with Crippen molar-refractivity contribution in [2.45, 2.75) is 12.5 Å². The van der Waals surface area contributed by atoms with E-state index < -0.39 is 0 Å². The fraction of sp³-hybridized carbons (Fsp3) is 0.348. The molecular formula is C23H25N3O. The summed E-state index contributed by atoms with van der Waals surface area (Å²) in [6, 6.07) is 17.9. The second-order valence-electron chi connectivity index (χ2n) is 7.69. The summed E-state index contributed by atoms with van der Waals surface area (Å²) < 4.78 is 5.51. The Labute approximate surface area is 160 Å². The van der Waals surface area contributed by atoms with Crippen molar-refractivity contribution in [3.05, 3.63) is 71.4 Å². The largest absolute Gasteiger partial charge is 0.378 e. The van der Waals surface area contributed by atoms with Crippen molar-refractivity contribution >= 4 is 16.6 Å². The fourth-order valence-electron chi connectivity index (χ4n) is 4.44. The number of fused-ring (bicyclic) bond motifs is 2. The first-order chi connectivity index (χ1) is 13.3. The number of benzene rings is 2. The van der Waals surface area contributed by atoms with Gasteiger partial charge in [0, 0.05) is 49.4 Å². The first-order valence-electron chi connectivity index (χ1n) is 9.77. The SMILES string of the molecule is CN1Cc2cc(N3CCOCC3)ccc2C(c2ccc3cccnc3c2)C1.